The van der Waals surface area contributed by atoms with Crippen LogP contribution >= 0.6 is 0 Å². The zero-order valence-corrected chi connectivity index (χ0v) is 13.5. The number of sulfone groups is 1. The Hall–Kier alpha value is -2.13. The van der Waals surface area contributed by atoms with Crippen LogP contribution in [0.25, 0.3) is 0 Å². The molecule has 0 bridgehead atoms. The number of carbonyl (C=O) groups is 2. The Morgan fingerprint density at radius 2 is 1.78 bits per heavy atom. The lowest BCUT2D eigenvalue weighted by atomic mass is 10.1. The van der Waals surface area contributed by atoms with E-state index in [2.05, 4.69) is 0 Å². The van der Waals surface area contributed by atoms with Gasteiger partial charge < -0.3 is 9.64 Å². The van der Waals surface area contributed by atoms with Crippen molar-refractivity contribution in [3.05, 3.63) is 0 Å². The Morgan fingerprint density at radius 3 is 2.26 bits per heavy atom. The van der Waals surface area contributed by atoms with Gasteiger partial charge in [-0.3, -0.25) is 9.59 Å². The quantitative estimate of drug-likeness (QED) is 0.569. The minimum atomic E-state index is -3.05. The molecule has 1 atom stereocenters. The zero-order chi connectivity index (χ0) is 17.3. The highest BCUT2D eigenvalue weighted by molar-refractivity contribution is 7.91. The number of hydrogen-bond acceptors (Lipinski definition) is 7. The van der Waals surface area contributed by atoms with Gasteiger partial charge in [-0.2, -0.15) is 10.5 Å². The average Bonchev–Trinajstić information content (AvgIpc) is 2.83. The molecular weight excluding hydrogens is 322 g/mol. The van der Waals surface area contributed by atoms with Gasteiger partial charge in [0.05, 0.1) is 36.5 Å². The van der Waals surface area contributed by atoms with Crippen molar-refractivity contribution in [3.63, 3.8) is 0 Å². The van der Waals surface area contributed by atoms with Gasteiger partial charge in [-0.25, -0.2) is 8.42 Å². The lowest BCUT2D eigenvalue weighted by molar-refractivity contribution is -0.152. The molecule has 1 amide bonds. The summed E-state index contributed by atoms with van der Waals surface area (Å²) in [7, 11) is -3.05. The van der Waals surface area contributed by atoms with Crippen molar-refractivity contribution in [1.82, 2.24) is 4.90 Å². The Morgan fingerprint density at radius 1 is 1.17 bits per heavy atom. The maximum Gasteiger partial charge on any atom is 0.306 e. The maximum atomic E-state index is 11.9. The summed E-state index contributed by atoms with van der Waals surface area (Å²) in [6.45, 7) is -0.111. The van der Waals surface area contributed by atoms with Gasteiger partial charge in [0, 0.05) is 19.5 Å². The first-order valence-corrected chi connectivity index (χ1v) is 9.08. The SMILES string of the molecule is N#CCCN(CCC#N)C(=O)COC(=O)CC1CCS(=O)(=O)C1. The number of nitrogens with zero attached hydrogens (tertiary/aromatic N) is 3. The molecule has 1 unspecified atom stereocenters. The molecule has 0 spiro atoms. The first kappa shape index (κ1) is 18.9. The van der Waals surface area contributed by atoms with Crippen molar-refractivity contribution in [2.24, 2.45) is 5.92 Å². The number of hydrogen-bond donors (Lipinski definition) is 0. The topological polar surface area (TPSA) is 128 Å². The van der Waals surface area contributed by atoms with Gasteiger partial charge in [-0.1, -0.05) is 0 Å². The van der Waals surface area contributed by atoms with Crippen molar-refractivity contribution >= 4 is 21.7 Å². The van der Waals surface area contributed by atoms with Gasteiger partial charge in [-0.15, -0.1) is 0 Å². The van der Waals surface area contributed by atoms with Gasteiger partial charge in [0.15, 0.2) is 16.4 Å². The number of nitriles is 2. The molecule has 0 aromatic carbocycles. The Balaban J connectivity index is 2.39. The molecule has 0 radical (unpaired) electrons. The molecule has 0 aromatic heterocycles. The van der Waals surface area contributed by atoms with Gasteiger partial charge in [0.25, 0.3) is 5.91 Å². The van der Waals surface area contributed by atoms with Crippen LogP contribution in [0.15, 0.2) is 0 Å². The van der Waals surface area contributed by atoms with Crippen LogP contribution in [0.5, 0.6) is 0 Å². The number of esters is 1. The van der Waals surface area contributed by atoms with Crippen molar-refractivity contribution in [3.8, 4) is 12.1 Å². The van der Waals surface area contributed by atoms with E-state index in [9.17, 15) is 18.0 Å². The predicted molar refractivity (Wildman–Crippen MR) is 79.4 cm³/mol. The summed E-state index contributed by atoms with van der Waals surface area (Å²) in [6.07, 6.45) is 0.668. The lowest BCUT2D eigenvalue weighted by Crippen LogP contribution is -2.36. The minimum Gasteiger partial charge on any atom is -0.456 e. The van der Waals surface area contributed by atoms with E-state index in [-0.39, 0.29) is 49.8 Å². The fourth-order valence-electron chi connectivity index (χ4n) is 2.29. The van der Waals surface area contributed by atoms with E-state index in [1.54, 1.807) is 0 Å². The Bertz CT molecular complexity index is 599. The molecule has 1 aliphatic rings. The summed E-state index contributed by atoms with van der Waals surface area (Å²) < 4.78 is 27.5. The van der Waals surface area contributed by atoms with Crippen LogP contribution in [0.3, 0.4) is 0 Å². The number of rotatable bonds is 8. The third-order valence-corrected chi connectivity index (χ3v) is 5.32. The Labute approximate surface area is 135 Å². The monoisotopic (exact) mass is 341 g/mol. The largest absolute Gasteiger partial charge is 0.456 e. The summed E-state index contributed by atoms with van der Waals surface area (Å²) in [5.74, 6) is -1.27. The molecule has 1 heterocycles. The molecule has 0 saturated carbocycles. The van der Waals surface area contributed by atoms with Crippen LogP contribution in [-0.4, -0.2) is 56.4 Å². The van der Waals surface area contributed by atoms with Crippen molar-refractivity contribution in [2.75, 3.05) is 31.2 Å². The highest BCUT2D eigenvalue weighted by atomic mass is 32.2. The summed E-state index contributed by atoms with van der Waals surface area (Å²) in [4.78, 5) is 24.9. The molecule has 9 heteroatoms. The molecule has 1 fully saturated rings. The normalized spacial score (nSPS) is 18.6. The molecule has 8 nitrogen and oxygen atoms in total. The predicted octanol–water partition coefficient (Wildman–Crippen LogP) is 0.0104. The number of ether oxygens (including phenoxy) is 1. The van der Waals surface area contributed by atoms with E-state index in [1.807, 2.05) is 12.1 Å². The third-order valence-electron chi connectivity index (χ3n) is 3.48. The van der Waals surface area contributed by atoms with Crippen LogP contribution in [0.2, 0.25) is 0 Å². The van der Waals surface area contributed by atoms with Gasteiger partial charge in [0.2, 0.25) is 0 Å². The van der Waals surface area contributed by atoms with E-state index < -0.39 is 28.3 Å². The van der Waals surface area contributed by atoms with Crippen LogP contribution in [0, 0.1) is 28.6 Å². The highest BCUT2D eigenvalue weighted by Crippen LogP contribution is 2.21. The zero-order valence-electron chi connectivity index (χ0n) is 12.7. The van der Waals surface area contributed by atoms with E-state index in [0.717, 1.165) is 0 Å². The molecule has 0 N–H and O–H groups in total. The first-order valence-electron chi connectivity index (χ1n) is 7.25. The second-order valence-electron chi connectivity index (χ2n) is 5.33. The molecule has 126 valence electrons. The first-order chi connectivity index (χ1) is 10.9. The van der Waals surface area contributed by atoms with E-state index in [1.165, 1.54) is 4.90 Å². The van der Waals surface area contributed by atoms with E-state index in [0.29, 0.717) is 6.42 Å². The molecule has 0 aromatic rings. The van der Waals surface area contributed by atoms with Crippen LogP contribution in [0.1, 0.15) is 25.7 Å². The van der Waals surface area contributed by atoms with Crippen LogP contribution in [0.4, 0.5) is 0 Å². The van der Waals surface area contributed by atoms with E-state index >= 15 is 0 Å². The Kier molecular flexibility index (Phi) is 7.49. The second-order valence-corrected chi connectivity index (χ2v) is 7.56. The second kappa shape index (κ2) is 9.11. The fraction of sp³-hybridized carbons (Fsp3) is 0.714. The molecule has 23 heavy (non-hydrogen) atoms. The summed E-state index contributed by atoms with van der Waals surface area (Å²) in [6, 6.07) is 3.82. The maximum absolute atomic E-state index is 11.9. The molecule has 1 aliphatic heterocycles. The molecule has 0 aliphatic carbocycles. The van der Waals surface area contributed by atoms with Gasteiger partial charge in [-0.05, 0) is 12.3 Å². The standard InChI is InChI=1S/C14H19N3O5S/c15-4-1-6-17(7-2-5-16)13(18)10-22-14(19)9-12-3-8-23(20,21)11-12/h12H,1-3,6-11H2. The third kappa shape index (κ3) is 7.11. The smallest absolute Gasteiger partial charge is 0.306 e. The van der Waals surface area contributed by atoms with Crippen LogP contribution < -0.4 is 0 Å². The highest BCUT2D eigenvalue weighted by Gasteiger charge is 2.30. The fourth-order valence-corrected chi connectivity index (χ4v) is 4.15. The van der Waals surface area contributed by atoms with Gasteiger partial charge >= 0.3 is 5.97 Å². The minimum absolute atomic E-state index is 0.0213. The summed E-state index contributed by atoms with van der Waals surface area (Å²) >= 11 is 0. The number of carbonyl (C=O) groups excluding carboxylic acids is 2. The van der Waals surface area contributed by atoms with Crippen molar-refractivity contribution < 1.29 is 22.7 Å². The molecular formula is C14H19N3O5S. The van der Waals surface area contributed by atoms with E-state index in [4.69, 9.17) is 15.3 Å². The van der Waals surface area contributed by atoms with Crippen molar-refractivity contribution in [2.45, 2.75) is 25.7 Å². The molecule has 1 rings (SSSR count). The molecule has 1 saturated heterocycles. The summed E-state index contributed by atoms with van der Waals surface area (Å²) in [5.41, 5.74) is 0. The van der Waals surface area contributed by atoms with Crippen LogP contribution in [-0.2, 0) is 24.2 Å². The van der Waals surface area contributed by atoms with Crippen molar-refractivity contribution in [1.29, 1.82) is 10.5 Å². The number of amides is 1. The summed E-state index contributed by atoms with van der Waals surface area (Å²) in [5, 5.41) is 17.1. The average molecular weight is 341 g/mol. The van der Waals surface area contributed by atoms with Gasteiger partial charge in [0.1, 0.15) is 0 Å². The lowest BCUT2D eigenvalue weighted by Gasteiger charge is -2.20.